The molecule has 3 aromatic rings. The van der Waals surface area contributed by atoms with Crippen molar-refractivity contribution >= 4 is 26.5 Å². The van der Waals surface area contributed by atoms with Gasteiger partial charge in [-0.1, -0.05) is 11.3 Å². The van der Waals surface area contributed by atoms with E-state index in [-0.39, 0.29) is 21.3 Å². The number of rotatable bonds is 5. The lowest BCUT2D eigenvalue weighted by Crippen LogP contribution is -2.13. The zero-order valence-electron chi connectivity index (χ0n) is 14.8. The highest BCUT2D eigenvalue weighted by molar-refractivity contribution is 7.93. The monoisotopic (exact) mass is 411 g/mol. The number of benzene rings is 2. The molecule has 0 unspecified atom stereocenters. The van der Waals surface area contributed by atoms with Gasteiger partial charge in [-0.15, -0.1) is 10.2 Å². The Hall–Kier alpha value is -3.47. The minimum absolute atomic E-state index is 0.0540. The minimum Gasteiger partial charge on any atom is -0.456 e. The molecule has 0 bridgehead atoms. The standard InChI is InChI=1S/C18H13N5O3S2/c1-11-7-15(4-3-13(11)9-19)26-17-6-5-16(8-14(17)10-20)28(24,25)23-18-22-21-12(2)27-18/h3-8H,1-2H3,(H,22,23). The Balaban J connectivity index is 1.89. The Kier molecular flexibility index (Phi) is 5.27. The highest BCUT2D eigenvalue weighted by atomic mass is 32.2. The van der Waals surface area contributed by atoms with Crippen LogP contribution in [0.2, 0.25) is 0 Å². The van der Waals surface area contributed by atoms with Gasteiger partial charge in [0.05, 0.1) is 22.1 Å². The second-order valence-corrected chi connectivity index (χ2v) is 8.56. The van der Waals surface area contributed by atoms with E-state index in [9.17, 15) is 13.7 Å². The smallest absolute Gasteiger partial charge is 0.263 e. The molecule has 1 heterocycles. The molecule has 3 rings (SSSR count). The molecule has 1 N–H and O–H groups in total. The molecular weight excluding hydrogens is 398 g/mol. The van der Waals surface area contributed by atoms with Gasteiger partial charge >= 0.3 is 0 Å². The molecule has 0 aliphatic carbocycles. The van der Waals surface area contributed by atoms with Crippen LogP contribution in [0, 0.1) is 36.5 Å². The Labute approximate surface area is 165 Å². The summed E-state index contributed by atoms with van der Waals surface area (Å²) in [5, 5.41) is 26.7. The maximum absolute atomic E-state index is 12.5. The molecule has 28 heavy (non-hydrogen) atoms. The fourth-order valence-corrected chi connectivity index (χ4v) is 4.16. The molecule has 0 aliphatic rings. The number of hydrogen-bond donors (Lipinski definition) is 1. The van der Waals surface area contributed by atoms with Gasteiger partial charge in [-0.25, -0.2) is 8.42 Å². The number of hydrogen-bond acceptors (Lipinski definition) is 8. The summed E-state index contributed by atoms with van der Waals surface area (Å²) in [7, 11) is -3.92. The third-order valence-electron chi connectivity index (χ3n) is 3.68. The summed E-state index contributed by atoms with van der Waals surface area (Å²) in [6.07, 6.45) is 0. The number of nitrogens with zero attached hydrogens (tertiary/aromatic N) is 4. The maximum atomic E-state index is 12.5. The quantitative estimate of drug-likeness (QED) is 0.680. The normalized spacial score (nSPS) is 10.7. The zero-order valence-corrected chi connectivity index (χ0v) is 16.4. The Bertz CT molecular complexity index is 1240. The van der Waals surface area contributed by atoms with Crippen LogP contribution in [-0.2, 0) is 10.0 Å². The number of aromatic nitrogens is 2. The molecule has 10 heteroatoms. The lowest BCUT2D eigenvalue weighted by molar-refractivity contribution is 0.480. The van der Waals surface area contributed by atoms with E-state index >= 15 is 0 Å². The van der Waals surface area contributed by atoms with Crippen molar-refractivity contribution in [2.75, 3.05) is 4.72 Å². The predicted octanol–water partition coefficient (Wildman–Crippen LogP) is 3.49. The Morgan fingerprint density at radius 2 is 1.79 bits per heavy atom. The summed E-state index contributed by atoms with van der Waals surface area (Å²) in [4.78, 5) is -0.0970. The van der Waals surface area contributed by atoms with Gasteiger partial charge in [-0.3, -0.25) is 4.72 Å². The Morgan fingerprint density at radius 3 is 2.39 bits per heavy atom. The van der Waals surface area contributed by atoms with E-state index in [0.717, 1.165) is 16.9 Å². The first kappa shape index (κ1) is 19.3. The summed E-state index contributed by atoms with van der Waals surface area (Å²) < 4.78 is 33.1. The molecule has 0 aliphatic heterocycles. The first-order chi connectivity index (χ1) is 13.3. The Morgan fingerprint density at radius 1 is 1.04 bits per heavy atom. The highest BCUT2D eigenvalue weighted by Gasteiger charge is 2.19. The molecule has 0 saturated heterocycles. The largest absolute Gasteiger partial charge is 0.456 e. The summed E-state index contributed by atoms with van der Waals surface area (Å²) in [5.74, 6) is 0.642. The van der Waals surface area contributed by atoms with Gasteiger partial charge in [0.2, 0.25) is 5.13 Å². The van der Waals surface area contributed by atoms with Gasteiger partial charge in [0.15, 0.2) is 0 Å². The van der Waals surface area contributed by atoms with Crippen molar-refractivity contribution in [3.05, 3.63) is 58.1 Å². The van der Waals surface area contributed by atoms with Crippen molar-refractivity contribution in [3.63, 3.8) is 0 Å². The lowest BCUT2D eigenvalue weighted by Gasteiger charge is -2.10. The molecule has 0 radical (unpaired) electrons. The van der Waals surface area contributed by atoms with Crippen LogP contribution in [0.5, 0.6) is 11.5 Å². The molecule has 0 amide bonds. The van der Waals surface area contributed by atoms with Crippen LogP contribution in [0.4, 0.5) is 5.13 Å². The average Bonchev–Trinajstić information content (AvgIpc) is 3.06. The molecule has 2 aromatic carbocycles. The van der Waals surface area contributed by atoms with Crippen LogP contribution < -0.4 is 9.46 Å². The highest BCUT2D eigenvalue weighted by Crippen LogP contribution is 2.29. The number of sulfonamides is 1. The third-order valence-corrected chi connectivity index (χ3v) is 5.90. The fraction of sp³-hybridized carbons (Fsp3) is 0.111. The third kappa shape index (κ3) is 4.09. The van der Waals surface area contributed by atoms with Crippen molar-refractivity contribution in [1.82, 2.24) is 10.2 Å². The van der Waals surface area contributed by atoms with E-state index in [1.807, 2.05) is 6.07 Å². The van der Waals surface area contributed by atoms with Crippen molar-refractivity contribution in [2.45, 2.75) is 18.7 Å². The van der Waals surface area contributed by atoms with Gasteiger partial charge in [0, 0.05) is 0 Å². The van der Waals surface area contributed by atoms with Crippen LogP contribution in [0.1, 0.15) is 21.7 Å². The van der Waals surface area contributed by atoms with Crippen molar-refractivity contribution < 1.29 is 13.2 Å². The number of anilines is 1. The number of ether oxygens (including phenoxy) is 1. The zero-order chi connectivity index (χ0) is 20.3. The molecule has 0 fully saturated rings. The second-order valence-electron chi connectivity index (χ2n) is 5.69. The summed E-state index contributed by atoms with van der Waals surface area (Å²) >= 11 is 1.10. The molecule has 1 aromatic heterocycles. The summed E-state index contributed by atoms with van der Waals surface area (Å²) in [6, 6.07) is 12.9. The van der Waals surface area contributed by atoms with Gasteiger partial charge < -0.3 is 4.74 Å². The minimum atomic E-state index is -3.92. The van der Waals surface area contributed by atoms with Crippen molar-refractivity contribution in [1.29, 1.82) is 10.5 Å². The molecule has 0 saturated carbocycles. The predicted molar refractivity (Wildman–Crippen MR) is 103 cm³/mol. The number of nitriles is 2. The topological polar surface area (TPSA) is 129 Å². The summed E-state index contributed by atoms with van der Waals surface area (Å²) in [5.41, 5.74) is 1.31. The first-order valence-corrected chi connectivity index (χ1v) is 10.2. The van der Waals surface area contributed by atoms with Gasteiger partial charge in [0.25, 0.3) is 10.0 Å². The number of aryl methyl sites for hydroxylation is 2. The van der Waals surface area contributed by atoms with E-state index in [0.29, 0.717) is 16.3 Å². The van der Waals surface area contributed by atoms with Crippen LogP contribution in [0.25, 0.3) is 0 Å². The molecule has 140 valence electrons. The van der Waals surface area contributed by atoms with Crippen molar-refractivity contribution in [3.8, 4) is 23.6 Å². The summed E-state index contributed by atoms with van der Waals surface area (Å²) in [6.45, 7) is 3.48. The SMILES string of the molecule is Cc1nnc(NS(=O)(=O)c2ccc(Oc3ccc(C#N)c(C)c3)c(C#N)c2)s1. The van der Waals surface area contributed by atoms with E-state index < -0.39 is 10.0 Å². The van der Waals surface area contributed by atoms with Crippen LogP contribution in [0.15, 0.2) is 41.3 Å². The van der Waals surface area contributed by atoms with E-state index in [4.69, 9.17) is 10.00 Å². The second kappa shape index (κ2) is 7.64. The number of nitrogens with one attached hydrogen (secondary N) is 1. The van der Waals surface area contributed by atoms with Crippen LogP contribution in [0.3, 0.4) is 0 Å². The van der Waals surface area contributed by atoms with Crippen LogP contribution >= 0.6 is 11.3 Å². The average molecular weight is 411 g/mol. The van der Waals surface area contributed by atoms with E-state index in [2.05, 4.69) is 21.0 Å². The van der Waals surface area contributed by atoms with E-state index in [1.54, 1.807) is 32.0 Å². The molecule has 0 atom stereocenters. The van der Waals surface area contributed by atoms with Gasteiger partial charge in [0.1, 0.15) is 22.6 Å². The molecular formula is C18H13N5O3S2. The fourth-order valence-electron chi connectivity index (χ4n) is 2.32. The van der Waals surface area contributed by atoms with E-state index in [1.165, 1.54) is 18.2 Å². The maximum Gasteiger partial charge on any atom is 0.263 e. The lowest BCUT2D eigenvalue weighted by atomic mass is 10.1. The van der Waals surface area contributed by atoms with Crippen LogP contribution in [-0.4, -0.2) is 18.6 Å². The molecule has 0 spiro atoms. The van der Waals surface area contributed by atoms with Gasteiger partial charge in [-0.05, 0) is 55.8 Å². The van der Waals surface area contributed by atoms with Crippen molar-refractivity contribution in [2.24, 2.45) is 0 Å². The molecule has 8 nitrogen and oxygen atoms in total. The van der Waals surface area contributed by atoms with Gasteiger partial charge in [-0.2, -0.15) is 10.5 Å². The first-order valence-electron chi connectivity index (χ1n) is 7.88.